The van der Waals surface area contributed by atoms with Crippen molar-refractivity contribution >= 4 is 21.6 Å². The second-order valence-corrected chi connectivity index (χ2v) is 9.41. The van der Waals surface area contributed by atoms with E-state index in [9.17, 15) is 13.2 Å². The molecule has 32 heavy (non-hydrogen) atoms. The van der Waals surface area contributed by atoms with E-state index in [0.29, 0.717) is 18.9 Å². The quantitative estimate of drug-likeness (QED) is 0.475. The van der Waals surface area contributed by atoms with Crippen LogP contribution in [0.3, 0.4) is 0 Å². The first kappa shape index (κ1) is 23.5. The molecule has 0 unspecified atom stereocenters. The molecule has 0 saturated carbocycles. The van der Waals surface area contributed by atoms with Gasteiger partial charge in [0.15, 0.2) is 0 Å². The van der Waals surface area contributed by atoms with Gasteiger partial charge in [-0.1, -0.05) is 60.2 Å². The highest BCUT2D eigenvalue weighted by atomic mass is 32.2. The summed E-state index contributed by atoms with van der Waals surface area (Å²) >= 11 is 0. The van der Waals surface area contributed by atoms with Crippen LogP contribution >= 0.6 is 0 Å². The Morgan fingerprint density at radius 2 is 1.62 bits per heavy atom. The van der Waals surface area contributed by atoms with E-state index in [1.807, 2.05) is 50.2 Å². The van der Waals surface area contributed by atoms with Gasteiger partial charge in [0.2, 0.25) is 5.91 Å². The van der Waals surface area contributed by atoms with Crippen molar-refractivity contribution in [3.63, 3.8) is 0 Å². The molecular formula is C25H28N2O4S. The van der Waals surface area contributed by atoms with Gasteiger partial charge in [-0.15, -0.1) is 0 Å². The first-order valence-corrected chi connectivity index (χ1v) is 11.8. The fourth-order valence-corrected chi connectivity index (χ4v) is 4.56. The predicted octanol–water partition coefficient (Wildman–Crippen LogP) is 3.83. The Morgan fingerprint density at radius 1 is 0.906 bits per heavy atom. The molecule has 0 aliphatic rings. The zero-order valence-electron chi connectivity index (χ0n) is 18.3. The van der Waals surface area contributed by atoms with Crippen molar-refractivity contribution in [3.8, 4) is 0 Å². The highest BCUT2D eigenvalue weighted by Crippen LogP contribution is 2.24. The zero-order chi connectivity index (χ0) is 23.0. The van der Waals surface area contributed by atoms with Crippen LogP contribution < -0.4 is 9.62 Å². The average Bonchev–Trinajstić information content (AvgIpc) is 2.78. The number of aryl methyl sites for hydroxylation is 2. The summed E-state index contributed by atoms with van der Waals surface area (Å²) in [4.78, 5) is 12.7. The lowest BCUT2D eigenvalue weighted by Gasteiger charge is -2.24. The number of amides is 1. The van der Waals surface area contributed by atoms with E-state index in [-0.39, 0.29) is 18.0 Å². The smallest absolute Gasteiger partial charge is 0.264 e. The minimum Gasteiger partial charge on any atom is -0.375 e. The third-order valence-corrected chi connectivity index (χ3v) is 6.65. The summed E-state index contributed by atoms with van der Waals surface area (Å²) in [6.07, 6.45) is 0. The number of nitrogens with zero attached hydrogens (tertiary/aromatic N) is 1. The molecule has 0 aromatic heterocycles. The molecule has 0 aliphatic heterocycles. The lowest BCUT2D eigenvalue weighted by Crippen LogP contribution is -2.41. The molecule has 3 aromatic carbocycles. The Balaban J connectivity index is 1.66. The van der Waals surface area contributed by atoms with E-state index in [1.54, 1.807) is 42.5 Å². The van der Waals surface area contributed by atoms with E-state index < -0.39 is 15.9 Å². The molecule has 168 valence electrons. The van der Waals surface area contributed by atoms with Gasteiger partial charge in [0, 0.05) is 6.54 Å². The number of hydrogen-bond donors (Lipinski definition) is 1. The maximum absolute atomic E-state index is 13.3. The second-order valence-electron chi connectivity index (χ2n) is 7.55. The number of rotatable bonds is 10. The molecule has 0 fully saturated rings. The van der Waals surface area contributed by atoms with E-state index >= 15 is 0 Å². The van der Waals surface area contributed by atoms with Crippen LogP contribution in [0.15, 0.2) is 83.8 Å². The average molecular weight is 453 g/mol. The van der Waals surface area contributed by atoms with Crippen LogP contribution in [0.5, 0.6) is 0 Å². The SMILES string of the molecule is Cc1ccc(S(=O)(=O)N(CC(=O)NCCOCc2ccccc2)c2cccc(C)c2)cc1. The molecule has 6 nitrogen and oxygen atoms in total. The van der Waals surface area contributed by atoms with Crippen molar-refractivity contribution in [3.05, 3.63) is 95.6 Å². The van der Waals surface area contributed by atoms with Gasteiger partial charge >= 0.3 is 0 Å². The summed E-state index contributed by atoms with van der Waals surface area (Å²) < 4.78 is 33.4. The summed E-state index contributed by atoms with van der Waals surface area (Å²) in [5, 5.41) is 2.75. The number of carbonyl (C=O) groups is 1. The molecule has 0 saturated heterocycles. The predicted molar refractivity (Wildman–Crippen MR) is 126 cm³/mol. The summed E-state index contributed by atoms with van der Waals surface area (Å²) in [6.45, 7) is 4.52. The van der Waals surface area contributed by atoms with E-state index in [1.165, 1.54) is 0 Å². The molecule has 3 aromatic rings. The van der Waals surface area contributed by atoms with E-state index in [2.05, 4.69) is 5.32 Å². The van der Waals surface area contributed by atoms with Crippen molar-refractivity contribution in [2.45, 2.75) is 25.3 Å². The zero-order valence-corrected chi connectivity index (χ0v) is 19.1. The van der Waals surface area contributed by atoms with Crippen molar-refractivity contribution in [2.24, 2.45) is 0 Å². The number of ether oxygens (including phenoxy) is 1. The lowest BCUT2D eigenvalue weighted by atomic mass is 10.2. The van der Waals surface area contributed by atoms with Crippen LogP contribution in [0.1, 0.15) is 16.7 Å². The van der Waals surface area contributed by atoms with Crippen LogP contribution in [-0.2, 0) is 26.2 Å². The number of sulfonamides is 1. The highest BCUT2D eigenvalue weighted by molar-refractivity contribution is 7.92. The molecule has 3 rings (SSSR count). The number of hydrogen-bond acceptors (Lipinski definition) is 4. The van der Waals surface area contributed by atoms with Crippen molar-refractivity contribution < 1.29 is 17.9 Å². The minimum absolute atomic E-state index is 0.142. The van der Waals surface area contributed by atoms with Gasteiger partial charge in [-0.2, -0.15) is 0 Å². The standard InChI is InChI=1S/C25H28N2O4S/c1-20-11-13-24(14-12-20)32(29,30)27(23-10-6-7-21(2)17-23)18-25(28)26-15-16-31-19-22-8-4-3-5-9-22/h3-14,17H,15-16,18-19H2,1-2H3,(H,26,28). The molecular weight excluding hydrogens is 424 g/mol. The summed E-state index contributed by atoms with van der Waals surface area (Å²) in [6, 6.07) is 23.4. The highest BCUT2D eigenvalue weighted by Gasteiger charge is 2.27. The van der Waals surface area contributed by atoms with Crippen molar-refractivity contribution in [1.82, 2.24) is 5.32 Å². The Bertz CT molecular complexity index is 1130. The Labute approximate surface area is 189 Å². The Kier molecular flexibility index (Phi) is 8.03. The first-order chi connectivity index (χ1) is 15.4. The van der Waals surface area contributed by atoms with Crippen LogP contribution in [0, 0.1) is 13.8 Å². The molecule has 0 spiro atoms. The third kappa shape index (κ3) is 6.42. The van der Waals surface area contributed by atoms with Crippen molar-refractivity contribution in [2.75, 3.05) is 24.0 Å². The number of nitrogens with one attached hydrogen (secondary N) is 1. The molecule has 0 atom stereocenters. The van der Waals surface area contributed by atoms with Gasteiger partial charge in [-0.3, -0.25) is 9.10 Å². The van der Waals surface area contributed by atoms with Gasteiger partial charge in [-0.05, 0) is 49.2 Å². The molecule has 1 N–H and O–H groups in total. The number of carbonyl (C=O) groups excluding carboxylic acids is 1. The Morgan fingerprint density at radius 3 is 2.31 bits per heavy atom. The van der Waals surface area contributed by atoms with Crippen LogP contribution in [0.2, 0.25) is 0 Å². The Hall–Kier alpha value is -3.16. The molecule has 0 radical (unpaired) electrons. The lowest BCUT2D eigenvalue weighted by molar-refractivity contribution is -0.119. The molecule has 1 amide bonds. The van der Waals surface area contributed by atoms with E-state index in [4.69, 9.17) is 4.74 Å². The largest absolute Gasteiger partial charge is 0.375 e. The van der Waals surface area contributed by atoms with Crippen LogP contribution in [0.4, 0.5) is 5.69 Å². The topological polar surface area (TPSA) is 75.7 Å². The maximum atomic E-state index is 13.3. The minimum atomic E-state index is -3.91. The fraction of sp³-hybridized carbons (Fsp3) is 0.240. The summed E-state index contributed by atoms with van der Waals surface area (Å²) in [5.74, 6) is -0.398. The summed E-state index contributed by atoms with van der Waals surface area (Å²) in [7, 11) is -3.91. The van der Waals surface area contributed by atoms with Crippen LogP contribution in [-0.4, -0.2) is 34.0 Å². The number of anilines is 1. The van der Waals surface area contributed by atoms with Crippen molar-refractivity contribution in [1.29, 1.82) is 0 Å². The van der Waals surface area contributed by atoms with Gasteiger partial charge in [0.25, 0.3) is 10.0 Å². The van der Waals surface area contributed by atoms with Gasteiger partial charge in [-0.25, -0.2) is 8.42 Å². The normalized spacial score (nSPS) is 11.2. The van der Waals surface area contributed by atoms with Gasteiger partial charge < -0.3 is 10.1 Å². The van der Waals surface area contributed by atoms with E-state index in [0.717, 1.165) is 21.0 Å². The monoisotopic (exact) mass is 452 g/mol. The first-order valence-electron chi connectivity index (χ1n) is 10.4. The molecule has 0 aliphatic carbocycles. The molecule has 0 bridgehead atoms. The van der Waals surface area contributed by atoms with Gasteiger partial charge in [0.1, 0.15) is 6.54 Å². The number of benzene rings is 3. The molecule has 0 heterocycles. The maximum Gasteiger partial charge on any atom is 0.264 e. The second kappa shape index (κ2) is 10.9. The third-order valence-electron chi connectivity index (χ3n) is 4.87. The van der Waals surface area contributed by atoms with Crippen LogP contribution in [0.25, 0.3) is 0 Å². The van der Waals surface area contributed by atoms with Gasteiger partial charge in [0.05, 0.1) is 23.8 Å². The fourth-order valence-electron chi connectivity index (χ4n) is 3.15. The summed E-state index contributed by atoms with van der Waals surface area (Å²) in [5.41, 5.74) is 3.36. The molecule has 7 heteroatoms.